The van der Waals surface area contributed by atoms with Crippen molar-refractivity contribution < 1.29 is 19.6 Å². The SMILES string of the molecule is CC(C)[C@H](NC(=O)c1cc(Cl)cc([N+](=O)[O-])c1)C(=O)O. The minimum atomic E-state index is -1.18. The molecule has 0 spiro atoms. The number of hydrogen-bond donors (Lipinski definition) is 2. The largest absolute Gasteiger partial charge is 0.480 e. The van der Waals surface area contributed by atoms with Gasteiger partial charge >= 0.3 is 5.97 Å². The van der Waals surface area contributed by atoms with Crippen LogP contribution in [-0.2, 0) is 4.79 Å². The zero-order chi connectivity index (χ0) is 15.4. The first-order chi connectivity index (χ1) is 9.22. The lowest BCUT2D eigenvalue weighted by molar-refractivity contribution is -0.384. The maximum atomic E-state index is 11.9. The zero-order valence-corrected chi connectivity index (χ0v) is 11.5. The number of benzene rings is 1. The highest BCUT2D eigenvalue weighted by atomic mass is 35.5. The number of carboxylic acid groups (broad SMARTS) is 1. The number of carboxylic acids is 1. The highest BCUT2D eigenvalue weighted by Crippen LogP contribution is 2.21. The molecule has 1 aromatic carbocycles. The van der Waals surface area contributed by atoms with Crippen LogP contribution in [0.4, 0.5) is 5.69 Å². The number of rotatable bonds is 5. The fourth-order valence-electron chi connectivity index (χ4n) is 1.55. The van der Waals surface area contributed by atoms with Crippen molar-refractivity contribution in [2.45, 2.75) is 19.9 Å². The number of nitro groups is 1. The minimum absolute atomic E-state index is 0.0285. The number of nitrogens with zero attached hydrogens (tertiary/aromatic N) is 1. The molecule has 0 heterocycles. The second-order valence-electron chi connectivity index (χ2n) is 4.49. The van der Waals surface area contributed by atoms with Gasteiger partial charge < -0.3 is 10.4 Å². The predicted octanol–water partition coefficient (Wildman–Crippen LogP) is 2.09. The minimum Gasteiger partial charge on any atom is -0.480 e. The van der Waals surface area contributed by atoms with Crippen molar-refractivity contribution in [3.63, 3.8) is 0 Å². The van der Waals surface area contributed by atoms with E-state index in [4.69, 9.17) is 16.7 Å². The van der Waals surface area contributed by atoms with Gasteiger partial charge in [-0.25, -0.2) is 4.79 Å². The molecule has 0 unspecified atom stereocenters. The fourth-order valence-corrected chi connectivity index (χ4v) is 1.78. The summed E-state index contributed by atoms with van der Waals surface area (Å²) in [6.07, 6.45) is 0. The van der Waals surface area contributed by atoms with Gasteiger partial charge in [-0.2, -0.15) is 0 Å². The monoisotopic (exact) mass is 300 g/mol. The van der Waals surface area contributed by atoms with E-state index in [1.165, 1.54) is 6.07 Å². The summed E-state index contributed by atoms with van der Waals surface area (Å²) in [4.78, 5) is 32.9. The van der Waals surface area contributed by atoms with E-state index in [1.54, 1.807) is 13.8 Å². The molecule has 20 heavy (non-hydrogen) atoms. The first kappa shape index (κ1) is 15.9. The van der Waals surface area contributed by atoms with Crippen molar-refractivity contribution in [1.29, 1.82) is 0 Å². The molecule has 0 saturated carbocycles. The fraction of sp³-hybridized carbons (Fsp3) is 0.333. The van der Waals surface area contributed by atoms with Gasteiger partial charge in [0.1, 0.15) is 6.04 Å². The predicted molar refractivity (Wildman–Crippen MR) is 71.8 cm³/mol. The third-order valence-corrected chi connectivity index (χ3v) is 2.79. The second kappa shape index (κ2) is 6.33. The van der Waals surface area contributed by atoms with Crippen LogP contribution in [0.2, 0.25) is 5.02 Å². The Morgan fingerprint density at radius 3 is 2.40 bits per heavy atom. The molecule has 0 bridgehead atoms. The third-order valence-electron chi connectivity index (χ3n) is 2.57. The zero-order valence-electron chi connectivity index (χ0n) is 10.8. The summed E-state index contributed by atoms with van der Waals surface area (Å²) in [6, 6.07) is 2.31. The summed E-state index contributed by atoms with van der Waals surface area (Å²) >= 11 is 5.70. The van der Waals surface area contributed by atoms with Gasteiger partial charge in [-0.1, -0.05) is 25.4 Å². The molecule has 1 aromatic rings. The van der Waals surface area contributed by atoms with Crippen molar-refractivity contribution >= 4 is 29.2 Å². The Morgan fingerprint density at radius 1 is 1.35 bits per heavy atom. The van der Waals surface area contributed by atoms with Gasteiger partial charge in [-0.3, -0.25) is 14.9 Å². The first-order valence-electron chi connectivity index (χ1n) is 5.71. The lowest BCUT2D eigenvalue weighted by Crippen LogP contribution is -2.44. The Balaban J connectivity index is 3.03. The lowest BCUT2D eigenvalue weighted by atomic mass is 10.0. The standard InChI is InChI=1S/C12H13ClN2O5/c1-6(2)10(12(17)18)14-11(16)7-3-8(13)5-9(4-7)15(19)20/h3-6,10H,1-2H3,(H,14,16)(H,17,18)/t10-/m0/s1. The summed E-state index contributed by atoms with van der Waals surface area (Å²) in [7, 11) is 0. The van der Waals surface area contributed by atoms with Crippen LogP contribution in [0.3, 0.4) is 0 Å². The van der Waals surface area contributed by atoms with Crippen LogP contribution in [0, 0.1) is 16.0 Å². The average Bonchev–Trinajstić information content (AvgIpc) is 2.33. The highest BCUT2D eigenvalue weighted by molar-refractivity contribution is 6.31. The van der Waals surface area contributed by atoms with Crippen molar-refractivity contribution in [3.05, 3.63) is 38.9 Å². The molecule has 0 aliphatic carbocycles. The smallest absolute Gasteiger partial charge is 0.326 e. The molecule has 108 valence electrons. The second-order valence-corrected chi connectivity index (χ2v) is 4.93. The maximum absolute atomic E-state index is 11.9. The Labute approximate surface area is 119 Å². The molecule has 0 aliphatic rings. The Kier molecular flexibility index (Phi) is 5.04. The Morgan fingerprint density at radius 2 is 1.95 bits per heavy atom. The lowest BCUT2D eigenvalue weighted by Gasteiger charge is -2.17. The van der Waals surface area contributed by atoms with E-state index in [-0.39, 0.29) is 22.2 Å². The van der Waals surface area contributed by atoms with Crippen molar-refractivity contribution in [2.75, 3.05) is 0 Å². The van der Waals surface area contributed by atoms with Gasteiger partial charge in [-0.15, -0.1) is 0 Å². The number of nitro benzene ring substituents is 1. The van der Waals surface area contributed by atoms with Gasteiger partial charge in [0.25, 0.3) is 11.6 Å². The van der Waals surface area contributed by atoms with Gasteiger partial charge in [0.15, 0.2) is 0 Å². The molecule has 1 rings (SSSR count). The highest BCUT2D eigenvalue weighted by Gasteiger charge is 2.24. The third kappa shape index (κ3) is 3.92. The topological polar surface area (TPSA) is 110 Å². The summed E-state index contributed by atoms with van der Waals surface area (Å²) in [5, 5.41) is 22.0. The Bertz CT molecular complexity index is 559. The van der Waals surface area contributed by atoms with Crippen LogP contribution < -0.4 is 5.32 Å². The number of non-ortho nitro benzene ring substituents is 1. The number of nitrogens with one attached hydrogen (secondary N) is 1. The number of carbonyl (C=O) groups excluding carboxylic acids is 1. The molecule has 8 heteroatoms. The van der Waals surface area contributed by atoms with Gasteiger partial charge in [0.05, 0.1) is 4.92 Å². The van der Waals surface area contributed by atoms with E-state index in [0.717, 1.165) is 12.1 Å². The van der Waals surface area contributed by atoms with E-state index in [9.17, 15) is 19.7 Å². The number of aliphatic carboxylic acids is 1. The molecule has 0 aromatic heterocycles. The maximum Gasteiger partial charge on any atom is 0.326 e. The van der Waals surface area contributed by atoms with Crippen LogP contribution in [0.25, 0.3) is 0 Å². The molecule has 0 saturated heterocycles. The average molecular weight is 301 g/mol. The molecular weight excluding hydrogens is 288 g/mol. The molecule has 1 amide bonds. The van der Waals surface area contributed by atoms with Gasteiger partial charge in [0.2, 0.25) is 0 Å². The molecule has 2 N–H and O–H groups in total. The van der Waals surface area contributed by atoms with Gasteiger partial charge in [0, 0.05) is 22.7 Å². The van der Waals surface area contributed by atoms with Gasteiger partial charge in [-0.05, 0) is 12.0 Å². The normalized spacial score (nSPS) is 12.0. The number of hydrogen-bond acceptors (Lipinski definition) is 4. The van der Waals surface area contributed by atoms with E-state index in [2.05, 4.69) is 5.32 Å². The van der Waals surface area contributed by atoms with E-state index in [0.29, 0.717) is 0 Å². The number of amides is 1. The summed E-state index contributed by atoms with van der Waals surface area (Å²) < 4.78 is 0. The van der Waals surface area contributed by atoms with Crippen LogP contribution >= 0.6 is 11.6 Å². The quantitative estimate of drug-likeness (QED) is 0.639. The van der Waals surface area contributed by atoms with E-state index >= 15 is 0 Å². The Hall–Kier alpha value is -2.15. The van der Waals surface area contributed by atoms with Crippen molar-refractivity contribution in [1.82, 2.24) is 5.32 Å². The van der Waals surface area contributed by atoms with E-state index < -0.39 is 22.8 Å². The van der Waals surface area contributed by atoms with Crippen LogP contribution in [0.1, 0.15) is 24.2 Å². The summed E-state index contributed by atoms with van der Waals surface area (Å²) in [5.41, 5.74) is -0.393. The molecule has 0 aliphatic heterocycles. The molecule has 1 atom stereocenters. The summed E-state index contributed by atoms with van der Waals surface area (Å²) in [6.45, 7) is 3.28. The molecular formula is C12H13ClN2O5. The van der Waals surface area contributed by atoms with Crippen molar-refractivity contribution in [2.24, 2.45) is 5.92 Å². The molecule has 0 radical (unpaired) electrons. The molecule has 0 fully saturated rings. The molecule has 7 nitrogen and oxygen atoms in total. The van der Waals surface area contributed by atoms with Crippen LogP contribution in [0.15, 0.2) is 18.2 Å². The number of halogens is 1. The summed E-state index contributed by atoms with van der Waals surface area (Å²) in [5.74, 6) is -2.23. The van der Waals surface area contributed by atoms with E-state index in [1.807, 2.05) is 0 Å². The first-order valence-corrected chi connectivity index (χ1v) is 6.08. The number of carbonyl (C=O) groups is 2. The van der Waals surface area contributed by atoms with Crippen LogP contribution in [-0.4, -0.2) is 27.9 Å². The van der Waals surface area contributed by atoms with Crippen LogP contribution in [0.5, 0.6) is 0 Å². The van der Waals surface area contributed by atoms with Crippen molar-refractivity contribution in [3.8, 4) is 0 Å².